The zero-order valence-electron chi connectivity index (χ0n) is 9.57. The number of carbonyl (C=O) groups is 1. The molecule has 0 aromatic heterocycles. The first-order valence-corrected chi connectivity index (χ1v) is 6.10. The van der Waals surface area contributed by atoms with Crippen molar-refractivity contribution >= 4 is 12.0 Å². The van der Waals surface area contributed by atoms with Crippen molar-refractivity contribution in [2.75, 3.05) is 5.32 Å². The quantitative estimate of drug-likeness (QED) is 0.769. The highest BCUT2D eigenvalue weighted by Crippen LogP contribution is 2.48. The number of hydrogen-bond acceptors (Lipinski definition) is 2. The van der Waals surface area contributed by atoms with Crippen LogP contribution in [-0.2, 0) is 4.79 Å². The van der Waals surface area contributed by atoms with E-state index in [2.05, 4.69) is 30.4 Å². The van der Waals surface area contributed by atoms with Gasteiger partial charge in [0.15, 0.2) is 0 Å². The molecule has 2 heteroatoms. The molecule has 0 bridgehead atoms. The standard InChI is InChI=1S/C14H17NO/c1-9-2-5-13-12(8-9)11-4-3-10(6-7-16)14(11)15-13/h2,5,7-8,10-11,14-15H,3-4,6H2,1H3. The molecule has 0 saturated heterocycles. The number of fused-ring (bicyclic) bond motifs is 3. The highest BCUT2D eigenvalue weighted by Gasteiger charge is 2.41. The summed E-state index contributed by atoms with van der Waals surface area (Å²) < 4.78 is 0. The number of anilines is 1. The average Bonchev–Trinajstić information content (AvgIpc) is 2.80. The van der Waals surface area contributed by atoms with E-state index in [9.17, 15) is 4.79 Å². The summed E-state index contributed by atoms with van der Waals surface area (Å²) >= 11 is 0. The Morgan fingerprint density at radius 1 is 1.44 bits per heavy atom. The molecule has 3 rings (SSSR count). The zero-order valence-corrected chi connectivity index (χ0v) is 9.57. The van der Waals surface area contributed by atoms with Crippen molar-refractivity contribution in [3.05, 3.63) is 29.3 Å². The lowest BCUT2D eigenvalue weighted by molar-refractivity contribution is -0.108. The summed E-state index contributed by atoms with van der Waals surface area (Å²) in [6.07, 6.45) is 4.20. The van der Waals surface area contributed by atoms with Crippen LogP contribution in [0.3, 0.4) is 0 Å². The molecule has 1 heterocycles. The fraction of sp³-hybridized carbons (Fsp3) is 0.500. The van der Waals surface area contributed by atoms with Gasteiger partial charge in [-0.05, 0) is 37.3 Å². The summed E-state index contributed by atoms with van der Waals surface area (Å²) in [5.41, 5.74) is 4.09. The molecule has 1 fully saturated rings. The summed E-state index contributed by atoms with van der Waals surface area (Å²) in [6.45, 7) is 2.14. The van der Waals surface area contributed by atoms with Crippen LogP contribution in [0.2, 0.25) is 0 Å². The second-order valence-electron chi connectivity index (χ2n) is 5.11. The van der Waals surface area contributed by atoms with Crippen LogP contribution in [0.15, 0.2) is 18.2 Å². The molecule has 84 valence electrons. The van der Waals surface area contributed by atoms with E-state index in [4.69, 9.17) is 0 Å². The Balaban J connectivity index is 1.92. The number of rotatable bonds is 2. The van der Waals surface area contributed by atoms with E-state index < -0.39 is 0 Å². The van der Waals surface area contributed by atoms with Gasteiger partial charge >= 0.3 is 0 Å². The van der Waals surface area contributed by atoms with Gasteiger partial charge in [0.05, 0.1) is 0 Å². The molecule has 3 unspecified atom stereocenters. The van der Waals surface area contributed by atoms with Crippen molar-refractivity contribution in [3.63, 3.8) is 0 Å². The molecule has 1 aromatic carbocycles. The molecule has 1 saturated carbocycles. The van der Waals surface area contributed by atoms with Gasteiger partial charge in [-0.25, -0.2) is 0 Å². The maximum Gasteiger partial charge on any atom is 0.120 e. The van der Waals surface area contributed by atoms with E-state index in [1.165, 1.54) is 29.7 Å². The van der Waals surface area contributed by atoms with Gasteiger partial charge in [-0.15, -0.1) is 0 Å². The molecule has 2 nitrogen and oxygen atoms in total. The first kappa shape index (κ1) is 9.88. The van der Waals surface area contributed by atoms with Gasteiger partial charge in [0.25, 0.3) is 0 Å². The minimum atomic E-state index is 0.502. The summed E-state index contributed by atoms with van der Waals surface area (Å²) in [5.74, 6) is 1.18. The second kappa shape index (κ2) is 3.62. The molecule has 16 heavy (non-hydrogen) atoms. The van der Waals surface area contributed by atoms with Gasteiger partial charge in [-0.2, -0.15) is 0 Å². The maximum absolute atomic E-state index is 10.6. The molecule has 2 aliphatic rings. The van der Waals surface area contributed by atoms with Crippen LogP contribution >= 0.6 is 0 Å². The lowest BCUT2D eigenvalue weighted by Crippen LogP contribution is -2.23. The molecular weight excluding hydrogens is 198 g/mol. The van der Waals surface area contributed by atoms with Crippen molar-refractivity contribution in [1.82, 2.24) is 0 Å². The first-order chi connectivity index (χ1) is 7.79. The Morgan fingerprint density at radius 2 is 2.31 bits per heavy atom. The number of aldehydes is 1. The molecule has 1 aliphatic heterocycles. The minimum absolute atomic E-state index is 0.502. The summed E-state index contributed by atoms with van der Waals surface area (Å²) in [6, 6.07) is 7.14. The topological polar surface area (TPSA) is 29.1 Å². The van der Waals surface area contributed by atoms with Crippen molar-refractivity contribution in [2.45, 2.75) is 38.1 Å². The highest BCUT2D eigenvalue weighted by atomic mass is 16.1. The van der Waals surface area contributed by atoms with Crippen molar-refractivity contribution in [2.24, 2.45) is 5.92 Å². The van der Waals surface area contributed by atoms with E-state index in [0.717, 1.165) is 6.29 Å². The monoisotopic (exact) mass is 215 g/mol. The van der Waals surface area contributed by atoms with Gasteiger partial charge in [-0.3, -0.25) is 0 Å². The molecule has 0 amide bonds. The number of nitrogens with one attached hydrogen (secondary N) is 1. The van der Waals surface area contributed by atoms with Gasteiger partial charge in [0.1, 0.15) is 6.29 Å². The highest BCUT2D eigenvalue weighted by molar-refractivity contribution is 5.62. The van der Waals surface area contributed by atoms with Crippen LogP contribution in [0.4, 0.5) is 5.69 Å². The van der Waals surface area contributed by atoms with E-state index in [1.807, 2.05) is 0 Å². The lowest BCUT2D eigenvalue weighted by atomic mass is 9.93. The van der Waals surface area contributed by atoms with Gasteiger partial charge < -0.3 is 10.1 Å². The Morgan fingerprint density at radius 3 is 3.12 bits per heavy atom. The van der Waals surface area contributed by atoms with Gasteiger partial charge in [-0.1, -0.05) is 17.7 Å². The molecule has 1 N–H and O–H groups in total. The SMILES string of the molecule is Cc1ccc2c(c1)C1CCC(CC=O)C1N2. The van der Waals surface area contributed by atoms with E-state index >= 15 is 0 Å². The van der Waals surface area contributed by atoms with Gasteiger partial charge in [0, 0.05) is 24.1 Å². The third-order valence-electron chi connectivity index (χ3n) is 4.12. The number of aryl methyl sites for hydroxylation is 1. The summed E-state index contributed by atoms with van der Waals surface area (Å²) in [7, 11) is 0. The Bertz CT molecular complexity index is 427. The summed E-state index contributed by atoms with van der Waals surface area (Å²) in [5, 5.41) is 3.60. The van der Waals surface area contributed by atoms with Crippen LogP contribution in [0.1, 0.15) is 36.3 Å². The zero-order chi connectivity index (χ0) is 11.1. The fourth-order valence-electron chi connectivity index (χ4n) is 3.34. The third-order valence-corrected chi connectivity index (χ3v) is 4.12. The van der Waals surface area contributed by atoms with Crippen molar-refractivity contribution in [3.8, 4) is 0 Å². The average molecular weight is 215 g/mol. The van der Waals surface area contributed by atoms with Crippen molar-refractivity contribution in [1.29, 1.82) is 0 Å². The van der Waals surface area contributed by atoms with Crippen molar-refractivity contribution < 1.29 is 4.79 Å². The third kappa shape index (κ3) is 1.36. The van der Waals surface area contributed by atoms with E-state index in [-0.39, 0.29) is 0 Å². The van der Waals surface area contributed by atoms with E-state index in [1.54, 1.807) is 0 Å². The van der Waals surface area contributed by atoms with Crippen LogP contribution in [0.5, 0.6) is 0 Å². The minimum Gasteiger partial charge on any atom is -0.381 e. The lowest BCUT2D eigenvalue weighted by Gasteiger charge is -2.17. The number of carbonyl (C=O) groups excluding carboxylic acids is 1. The first-order valence-electron chi connectivity index (χ1n) is 6.10. The number of benzene rings is 1. The molecule has 0 spiro atoms. The predicted molar refractivity (Wildman–Crippen MR) is 64.7 cm³/mol. The molecule has 0 radical (unpaired) electrons. The normalized spacial score (nSPS) is 30.7. The largest absolute Gasteiger partial charge is 0.381 e. The molecule has 1 aromatic rings. The van der Waals surface area contributed by atoms with Crippen LogP contribution in [0, 0.1) is 12.8 Å². The van der Waals surface area contributed by atoms with Crippen LogP contribution in [-0.4, -0.2) is 12.3 Å². The Labute approximate surface area is 96.1 Å². The predicted octanol–water partition coefficient (Wildman–Crippen LogP) is 2.87. The Hall–Kier alpha value is -1.31. The molecule has 3 atom stereocenters. The fourth-order valence-corrected chi connectivity index (χ4v) is 3.34. The van der Waals surface area contributed by atoms with Crippen LogP contribution < -0.4 is 5.32 Å². The maximum atomic E-state index is 10.6. The Kier molecular flexibility index (Phi) is 2.23. The molecule has 1 aliphatic carbocycles. The second-order valence-corrected chi connectivity index (χ2v) is 5.11. The molecular formula is C14H17NO. The van der Waals surface area contributed by atoms with E-state index in [0.29, 0.717) is 24.3 Å². The number of hydrogen-bond donors (Lipinski definition) is 1. The van der Waals surface area contributed by atoms with Crippen LogP contribution in [0.25, 0.3) is 0 Å². The summed E-state index contributed by atoms with van der Waals surface area (Å²) in [4.78, 5) is 10.6. The smallest absolute Gasteiger partial charge is 0.120 e. The van der Waals surface area contributed by atoms with Gasteiger partial charge in [0.2, 0.25) is 0 Å².